The first-order valence-electron chi connectivity index (χ1n) is 8.19. The van der Waals surface area contributed by atoms with Crippen molar-refractivity contribution in [3.8, 4) is 28.1 Å². The number of amides is 1. The zero-order valence-electron chi connectivity index (χ0n) is 14.2. The van der Waals surface area contributed by atoms with Gasteiger partial charge in [-0.25, -0.2) is 4.98 Å². The van der Waals surface area contributed by atoms with Crippen LogP contribution in [0.5, 0.6) is 5.75 Å². The Balaban J connectivity index is 1.85. The van der Waals surface area contributed by atoms with Gasteiger partial charge in [0.2, 0.25) is 5.91 Å². The molecular formula is C21H17N3O2. The van der Waals surface area contributed by atoms with Gasteiger partial charge in [-0.2, -0.15) is 0 Å². The zero-order chi connectivity index (χ0) is 18.1. The van der Waals surface area contributed by atoms with Crippen molar-refractivity contribution >= 4 is 16.9 Å². The molecule has 4 rings (SSSR count). The normalized spacial score (nSPS) is 10.8. The average molecular weight is 343 g/mol. The summed E-state index contributed by atoms with van der Waals surface area (Å²) in [7, 11) is 1.66. The number of carbonyl (C=O) groups is 1. The third kappa shape index (κ3) is 2.69. The topological polar surface area (TPSA) is 81.0 Å². The molecule has 2 heterocycles. The molecule has 0 aliphatic heterocycles. The maximum Gasteiger partial charge on any atom is 0.248 e. The van der Waals surface area contributed by atoms with Gasteiger partial charge in [0.15, 0.2) is 0 Å². The zero-order valence-corrected chi connectivity index (χ0v) is 14.2. The van der Waals surface area contributed by atoms with E-state index in [4.69, 9.17) is 10.5 Å². The van der Waals surface area contributed by atoms with Crippen molar-refractivity contribution in [3.63, 3.8) is 0 Å². The smallest absolute Gasteiger partial charge is 0.248 e. The van der Waals surface area contributed by atoms with Crippen molar-refractivity contribution < 1.29 is 9.53 Å². The van der Waals surface area contributed by atoms with Gasteiger partial charge in [-0.15, -0.1) is 0 Å². The number of nitrogens with one attached hydrogen (secondary N) is 1. The quantitative estimate of drug-likeness (QED) is 0.587. The van der Waals surface area contributed by atoms with Crippen LogP contribution in [0.25, 0.3) is 33.4 Å². The lowest BCUT2D eigenvalue weighted by molar-refractivity contribution is 0.100. The summed E-state index contributed by atoms with van der Waals surface area (Å²) in [4.78, 5) is 19.1. The minimum atomic E-state index is -0.434. The molecular weight excluding hydrogens is 326 g/mol. The van der Waals surface area contributed by atoms with Gasteiger partial charge in [0.1, 0.15) is 11.4 Å². The molecule has 0 radical (unpaired) electrons. The molecule has 0 saturated heterocycles. The fourth-order valence-electron chi connectivity index (χ4n) is 3.10. The van der Waals surface area contributed by atoms with E-state index in [1.807, 2.05) is 42.5 Å². The SMILES string of the molecule is COc1ccccc1-c1cc2c(-c3ccc(C(N)=O)cc3)ccnc2[nH]1. The lowest BCUT2D eigenvalue weighted by atomic mass is 10.0. The van der Waals surface area contributed by atoms with Gasteiger partial charge in [0.05, 0.1) is 12.8 Å². The number of nitrogens with zero attached hydrogens (tertiary/aromatic N) is 1. The Kier molecular flexibility index (Phi) is 3.89. The predicted octanol–water partition coefficient (Wildman–Crippen LogP) is 4.00. The summed E-state index contributed by atoms with van der Waals surface area (Å²) in [6.45, 7) is 0. The van der Waals surface area contributed by atoms with E-state index in [9.17, 15) is 4.79 Å². The maximum absolute atomic E-state index is 11.3. The highest BCUT2D eigenvalue weighted by Crippen LogP contribution is 2.34. The van der Waals surface area contributed by atoms with E-state index in [0.29, 0.717) is 5.56 Å². The standard InChI is InChI=1S/C21H17N3O2/c1-26-19-5-3-2-4-16(19)18-12-17-15(10-11-23-21(17)24-18)13-6-8-14(9-7-13)20(22)25/h2-12H,1H3,(H2,22,25)(H,23,24). The Hall–Kier alpha value is -3.60. The van der Waals surface area contributed by atoms with Gasteiger partial charge >= 0.3 is 0 Å². The molecule has 1 amide bonds. The number of pyridine rings is 1. The van der Waals surface area contributed by atoms with E-state index in [1.54, 1.807) is 25.4 Å². The molecule has 0 aliphatic rings. The summed E-state index contributed by atoms with van der Waals surface area (Å²) in [6, 6.07) is 19.1. The largest absolute Gasteiger partial charge is 0.496 e. The second kappa shape index (κ2) is 6.37. The van der Waals surface area contributed by atoms with Gasteiger partial charge in [-0.3, -0.25) is 4.79 Å². The monoisotopic (exact) mass is 343 g/mol. The summed E-state index contributed by atoms with van der Waals surface area (Å²) < 4.78 is 5.46. The molecule has 128 valence electrons. The third-order valence-corrected chi connectivity index (χ3v) is 4.41. The lowest BCUT2D eigenvalue weighted by Crippen LogP contribution is -2.10. The Labute approximate surface area is 150 Å². The summed E-state index contributed by atoms with van der Waals surface area (Å²) in [5.41, 5.74) is 10.5. The number of primary amides is 1. The van der Waals surface area contributed by atoms with Gasteiger partial charge in [0.25, 0.3) is 0 Å². The van der Waals surface area contributed by atoms with E-state index in [1.165, 1.54) is 0 Å². The number of fused-ring (bicyclic) bond motifs is 1. The van der Waals surface area contributed by atoms with E-state index in [-0.39, 0.29) is 0 Å². The molecule has 2 aromatic carbocycles. The highest BCUT2D eigenvalue weighted by atomic mass is 16.5. The number of nitrogens with two attached hydrogens (primary N) is 1. The number of rotatable bonds is 4. The molecule has 4 aromatic rings. The molecule has 5 nitrogen and oxygen atoms in total. The summed E-state index contributed by atoms with van der Waals surface area (Å²) in [5, 5.41) is 1.00. The van der Waals surface area contributed by atoms with Crippen LogP contribution in [0.15, 0.2) is 66.9 Å². The maximum atomic E-state index is 11.3. The highest BCUT2D eigenvalue weighted by molar-refractivity contribution is 5.98. The molecule has 2 aromatic heterocycles. The molecule has 26 heavy (non-hydrogen) atoms. The van der Waals surface area contributed by atoms with Gasteiger partial charge in [0, 0.05) is 22.7 Å². The molecule has 0 fully saturated rings. The Morgan fingerprint density at radius 2 is 1.81 bits per heavy atom. The van der Waals surface area contributed by atoms with Gasteiger partial charge < -0.3 is 15.5 Å². The van der Waals surface area contributed by atoms with Crippen LogP contribution in [0, 0.1) is 0 Å². The minimum absolute atomic E-state index is 0.434. The molecule has 5 heteroatoms. The number of hydrogen-bond donors (Lipinski definition) is 2. The molecule has 3 N–H and O–H groups in total. The molecule has 0 unspecified atom stereocenters. The fraction of sp³-hybridized carbons (Fsp3) is 0.0476. The number of aromatic amines is 1. The predicted molar refractivity (Wildman–Crippen MR) is 102 cm³/mol. The van der Waals surface area contributed by atoms with Gasteiger partial charge in [-0.05, 0) is 47.5 Å². The van der Waals surface area contributed by atoms with Crippen LogP contribution in [0.3, 0.4) is 0 Å². The van der Waals surface area contributed by atoms with E-state index < -0.39 is 5.91 Å². The van der Waals surface area contributed by atoms with Crippen LogP contribution in [-0.2, 0) is 0 Å². The average Bonchev–Trinajstić information content (AvgIpc) is 3.12. The molecule has 0 atom stereocenters. The minimum Gasteiger partial charge on any atom is -0.496 e. The van der Waals surface area contributed by atoms with Crippen LogP contribution in [-0.4, -0.2) is 23.0 Å². The van der Waals surface area contributed by atoms with Crippen LogP contribution in [0.1, 0.15) is 10.4 Å². The molecule has 0 bridgehead atoms. The van der Waals surface area contributed by atoms with E-state index in [2.05, 4.69) is 16.0 Å². The van der Waals surface area contributed by atoms with Crippen molar-refractivity contribution in [2.45, 2.75) is 0 Å². The van der Waals surface area contributed by atoms with Crippen molar-refractivity contribution in [2.75, 3.05) is 7.11 Å². The summed E-state index contributed by atoms with van der Waals surface area (Å²) >= 11 is 0. The second-order valence-corrected chi connectivity index (χ2v) is 5.95. The first-order chi connectivity index (χ1) is 12.7. The van der Waals surface area contributed by atoms with Crippen molar-refractivity contribution in [1.29, 1.82) is 0 Å². The first-order valence-corrected chi connectivity index (χ1v) is 8.19. The van der Waals surface area contributed by atoms with E-state index >= 15 is 0 Å². The fourth-order valence-corrected chi connectivity index (χ4v) is 3.10. The number of carbonyl (C=O) groups excluding carboxylic acids is 1. The van der Waals surface area contributed by atoms with Crippen LogP contribution in [0.4, 0.5) is 0 Å². The highest BCUT2D eigenvalue weighted by Gasteiger charge is 2.12. The van der Waals surface area contributed by atoms with Crippen LogP contribution in [0.2, 0.25) is 0 Å². The van der Waals surface area contributed by atoms with Crippen LogP contribution >= 0.6 is 0 Å². The summed E-state index contributed by atoms with van der Waals surface area (Å²) in [5.74, 6) is 0.364. The third-order valence-electron chi connectivity index (χ3n) is 4.41. The Morgan fingerprint density at radius 3 is 2.54 bits per heavy atom. The van der Waals surface area contributed by atoms with E-state index in [0.717, 1.165) is 39.2 Å². The molecule has 0 spiro atoms. The number of para-hydroxylation sites is 1. The summed E-state index contributed by atoms with van der Waals surface area (Å²) in [6.07, 6.45) is 1.77. The number of methoxy groups -OCH3 is 1. The molecule has 0 saturated carbocycles. The first kappa shape index (κ1) is 15.9. The number of H-pyrrole nitrogens is 1. The Morgan fingerprint density at radius 1 is 1.04 bits per heavy atom. The van der Waals surface area contributed by atoms with Crippen LogP contribution < -0.4 is 10.5 Å². The number of ether oxygens (including phenoxy) is 1. The second-order valence-electron chi connectivity index (χ2n) is 5.95. The number of aromatic nitrogens is 2. The van der Waals surface area contributed by atoms with Crippen molar-refractivity contribution in [3.05, 3.63) is 72.4 Å². The van der Waals surface area contributed by atoms with Crippen molar-refractivity contribution in [1.82, 2.24) is 9.97 Å². The number of hydrogen-bond acceptors (Lipinski definition) is 3. The lowest BCUT2D eigenvalue weighted by Gasteiger charge is -2.05. The Bertz CT molecular complexity index is 1100. The van der Waals surface area contributed by atoms with Gasteiger partial charge in [-0.1, -0.05) is 24.3 Å². The number of benzene rings is 2. The molecule has 0 aliphatic carbocycles. The van der Waals surface area contributed by atoms with Crippen molar-refractivity contribution in [2.24, 2.45) is 5.73 Å².